The second kappa shape index (κ2) is 8.04. The molecule has 2 aromatic heterocycles. The fourth-order valence-electron chi connectivity index (χ4n) is 2.48. The second-order valence-corrected chi connectivity index (χ2v) is 6.50. The molecule has 1 N–H and O–H groups in total. The van der Waals surface area contributed by atoms with E-state index in [4.69, 9.17) is 23.2 Å². The van der Waals surface area contributed by atoms with E-state index < -0.39 is 5.91 Å². The molecule has 0 fully saturated rings. The Bertz CT molecular complexity index is 1050. The highest BCUT2D eigenvalue weighted by Gasteiger charge is 2.14. The molecule has 0 radical (unpaired) electrons. The molecular formula is C19H13Cl2N5O. The average Bonchev–Trinajstić information content (AvgIpc) is 2.99. The van der Waals surface area contributed by atoms with Crippen LogP contribution in [0, 0.1) is 11.3 Å². The molecule has 0 aliphatic carbocycles. The van der Waals surface area contributed by atoms with Crippen molar-refractivity contribution in [3.8, 4) is 17.3 Å². The lowest BCUT2D eigenvalue weighted by Crippen LogP contribution is -2.13. The summed E-state index contributed by atoms with van der Waals surface area (Å²) >= 11 is 11.9. The van der Waals surface area contributed by atoms with E-state index in [2.05, 4.69) is 15.4 Å². The Balaban J connectivity index is 1.93. The molecule has 134 valence electrons. The third kappa shape index (κ3) is 4.53. The first-order valence-corrected chi connectivity index (χ1v) is 8.55. The Kier molecular flexibility index (Phi) is 5.55. The number of amides is 1. The van der Waals surface area contributed by atoms with E-state index in [9.17, 15) is 10.1 Å². The summed E-state index contributed by atoms with van der Waals surface area (Å²) in [5.74, 6) is -0.569. The van der Waals surface area contributed by atoms with Crippen LogP contribution in [-0.2, 0) is 11.8 Å². The van der Waals surface area contributed by atoms with E-state index in [0.29, 0.717) is 27.0 Å². The molecule has 6 nitrogen and oxygen atoms in total. The minimum atomic E-state index is -0.569. The Morgan fingerprint density at radius 3 is 2.52 bits per heavy atom. The fourth-order valence-corrected chi connectivity index (χ4v) is 3.00. The van der Waals surface area contributed by atoms with Gasteiger partial charge in [0, 0.05) is 52.5 Å². The van der Waals surface area contributed by atoms with Crippen molar-refractivity contribution in [2.75, 3.05) is 5.32 Å². The van der Waals surface area contributed by atoms with Gasteiger partial charge in [0.1, 0.15) is 11.6 Å². The number of nitrogens with zero attached hydrogens (tertiary/aromatic N) is 4. The van der Waals surface area contributed by atoms with Crippen molar-refractivity contribution in [1.29, 1.82) is 5.26 Å². The van der Waals surface area contributed by atoms with Crippen LogP contribution in [0.5, 0.6) is 0 Å². The van der Waals surface area contributed by atoms with Gasteiger partial charge in [-0.05, 0) is 36.4 Å². The van der Waals surface area contributed by atoms with Gasteiger partial charge in [0.05, 0.1) is 5.69 Å². The lowest BCUT2D eigenvalue weighted by Gasteiger charge is -2.06. The molecular weight excluding hydrogens is 385 g/mol. The van der Waals surface area contributed by atoms with E-state index in [-0.39, 0.29) is 5.57 Å². The van der Waals surface area contributed by atoms with E-state index >= 15 is 0 Å². The molecule has 0 atom stereocenters. The summed E-state index contributed by atoms with van der Waals surface area (Å²) in [5.41, 5.74) is 2.44. The van der Waals surface area contributed by atoms with Crippen LogP contribution in [0.4, 0.5) is 5.69 Å². The largest absolute Gasteiger partial charge is 0.321 e. The summed E-state index contributed by atoms with van der Waals surface area (Å²) in [6.45, 7) is 0. The quantitative estimate of drug-likeness (QED) is 0.524. The summed E-state index contributed by atoms with van der Waals surface area (Å²) in [7, 11) is 1.77. The fraction of sp³-hybridized carbons (Fsp3) is 0.0526. The van der Waals surface area contributed by atoms with Gasteiger partial charge in [-0.25, -0.2) is 0 Å². The van der Waals surface area contributed by atoms with E-state index in [0.717, 1.165) is 5.56 Å². The van der Waals surface area contributed by atoms with Crippen molar-refractivity contribution in [3.63, 3.8) is 0 Å². The first kappa shape index (κ1) is 18.6. The number of halogens is 2. The standard InChI is InChI=1S/C19H13Cl2N5O/c1-26-11-14(18(25-26)12-2-4-23-5-3-12)6-13(10-22)19(27)24-17-8-15(20)7-16(21)9-17/h2-9,11H,1H3,(H,24,27)/b13-6+. The van der Waals surface area contributed by atoms with Gasteiger partial charge in [-0.1, -0.05) is 23.2 Å². The number of anilines is 1. The number of hydrogen-bond donors (Lipinski definition) is 1. The van der Waals surface area contributed by atoms with Crippen LogP contribution in [0.2, 0.25) is 10.0 Å². The topological polar surface area (TPSA) is 83.6 Å². The molecule has 0 aliphatic heterocycles. The lowest BCUT2D eigenvalue weighted by molar-refractivity contribution is -0.112. The maximum absolute atomic E-state index is 12.5. The van der Waals surface area contributed by atoms with Crippen LogP contribution in [0.1, 0.15) is 5.56 Å². The zero-order valence-corrected chi connectivity index (χ0v) is 15.7. The number of nitriles is 1. The normalized spacial score (nSPS) is 11.1. The third-order valence-electron chi connectivity index (χ3n) is 3.60. The van der Waals surface area contributed by atoms with Crippen molar-refractivity contribution >= 4 is 40.9 Å². The number of rotatable bonds is 4. The molecule has 3 rings (SSSR count). The molecule has 0 saturated heterocycles. The zero-order valence-electron chi connectivity index (χ0n) is 14.1. The van der Waals surface area contributed by atoms with Gasteiger partial charge in [0.2, 0.25) is 0 Å². The third-order valence-corrected chi connectivity index (χ3v) is 4.03. The summed E-state index contributed by atoms with van der Waals surface area (Å²) in [6.07, 6.45) is 6.53. The summed E-state index contributed by atoms with van der Waals surface area (Å²) in [4.78, 5) is 16.5. The maximum atomic E-state index is 12.5. The Hall–Kier alpha value is -3.14. The average molecular weight is 398 g/mol. The number of benzene rings is 1. The number of carbonyl (C=O) groups is 1. The highest BCUT2D eigenvalue weighted by atomic mass is 35.5. The summed E-state index contributed by atoms with van der Waals surface area (Å²) in [5, 5.41) is 17.2. The predicted molar refractivity (Wildman–Crippen MR) is 105 cm³/mol. The Labute approximate surface area is 165 Å². The van der Waals surface area contributed by atoms with Crippen LogP contribution in [0.25, 0.3) is 17.3 Å². The van der Waals surface area contributed by atoms with Crippen molar-refractivity contribution < 1.29 is 4.79 Å². The van der Waals surface area contributed by atoms with E-state index in [1.807, 2.05) is 6.07 Å². The van der Waals surface area contributed by atoms with Crippen LogP contribution in [-0.4, -0.2) is 20.7 Å². The van der Waals surface area contributed by atoms with Gasteiger partial charge >= 0.3 is 0 Å². The predicted octanol–water partition coefficient (Wildman–Crippen LogP) is 4.33. The molecule has 1 aromatic carbocycles. The van der Waals surface area contributed by atoms with Crippen molar-refractivity contribution in [2.24, 2.45) is 7.05 Å². The van der Waals surface area contributed by atoms with Crippen molar-refractivity contribution in [1.82, 2.24) is 14.8 Å². The Morgan fingerprint density at radius 2 is 1.89 bits per heavy atom. The van der Waals surface area contributed by atoms with Crippen LogP contribution in [0.3, 0.4) is 0 Å². The molecule has 3 aromatic rings. The Morgan fingerprint density at radius 1 is 1.22 bits per heavy atom. The van der Waals surface area contributed by atoms with Crippen LogP contribution < -0.4 is 5.32 Å². The highest BCUT2D eigenvalue weighted by molar-refractivity contribution is 6.35. The first-order chi connectivity index (χ1) is 13.0. The van der Waals surface area contributed by atoms with Gasteiger partial charge in [0.25, 0.3) is 5.91 Å². The van der Waals surface area contributed by atoms with Gasteiger partial charge in [-0.2, -0.15) is 10.4 Å². The molecule has 1 amide bonds. The first-order valence-electron chi connectivity index (χ1n) is 7.79. The van der Waals surface area contributed by atoms with Gasteiger partial charge in [-0.15, -0.1) is 0 Å². The molecule has 0 unspecified atom stereocenters. The van der Waals surface area contributed by atoms with Gasteiger partial charge in [0.15, 0.2) is 0 Å². The SMILES string of the molecule is Cn1cc(/C=C(\C#N)C(=O)Nc2cc(Cl)cc(Cl)c2)c(-c2ccncc2)n1. The lowest BCUT2D eigenvalue weighted by atomic mass is 10.1. The van der Waals surface area contributed by atoms with E-state index in [1.165, 1.54) is 6.08 Å². The maximum Gasteiger partial charge on any atom is 0.266 e. The minimum Gasteiger partial charge on any atom is -0.321 e. The van der Waals surface area contributed by atoms with Crippen LogP contribution in [0.15, 0.2) is 54.5 Å². The van der Waals surface area contributed by atoms with Gasteiger partial charge in [-0.3, -0.25) is 14.5 Å². The smallest absolute Gasteiger partial charge is 0.266 e. The molecule has 0 spiro atoms. The number of aryl methyl sites for hydroxylation is 1. The number of carbonyl (C=O) groups excluding carboxylic acids is 1. The second-order valence-electron chi connectivity index (χ2n) is 5.62. The number of aromatic nitrogens is 3. The van der Waals surface area contributed by atoms with E-state index in [1.54, 1.807) is 60.7 Å². The van der Waals surface area contributed by atoms with Crippen molar-refractivity contribution in [2.45, 2.75) is 0 Å². The monoisotopic (exact) mass is 397 g/mol. The highest BCUT2D eigenvalue weighted by Crippen LogP contribution is 2.25. The molecule has 0 saturated carbocycles. The molecule has 27 heavy (non-hydrogen) atoms. The zero-order chi connectivity index (χ0) is 19.4. The molecule has 8 heteroatoms. The number of nitrogens with one attached hydrogen (secondary N) is 1. The summed E-state index contributed by atoms with van der Waals surface area (Å²) < 4.78 is 1.62. The number of pyridine rings is 1. The molecule has 2 heterocycles. The van der Waals surface area contributed by atoms with Gasteiger partial charge < -0.3 is 5.32 Å². The van der Waals surface area contributed by atoms with Crippen LogP contribution >= 0.6 is 23.2 Å². The van der Waals surface area contributed by atoms with Crippen molar-refractivity contribution in [3.05, 3.63) is 70.1 Å². The minimum absolute atomic E-state index is 0.0746. The molecule has 0 aliphatic rings. The summed E-state index contributed by atoms with van der Waals surface area (Å²) in [6, 6.07) is 10.2. The number of hydrogen-bond acceptors (Lipinski definition) is 4. The molecule has 0 bridgehead atoms.